The highest BCUT2D eigenvalue weighted by Crippen LogP contribution is 2.44. The van der Waals surface area contributed by atoms with Gasteiger partial charge in [-0.25, -0.2) is 15.0 Å². The molecule has 10 heteroatoms. The van der Waals surface area contributed by atoms with Crippen LogP contribution in [0.3, 0.4) is 0 Å². The zero-order valence-electron chi connectivity index (χ0n) is 11.3. The summed E-state index contributed by atoms with van der Waals surface area (Å²) in [5.74, 6) is 0.654. The largest absolute Gasteiger partial charge is 0.395 e. The topological polar surface area (TPSA) is 125 Å². The Morgan fingerprint density at radius 1 is 1.57 bits per heavy atom. The Hall–Kier alpha value is -2.03. The van der Waals surface area contributed by atoms with Crippen LogP contribution in [0, 0.1) is 0 Å². The number of fused-ring (bicyclic) bond motifs is 1. The third kappa shape index (κ3) is 2.37. The number of hydrogen-bond donors (Lipinski definition) is 2. The van der Waals surface area contributed by atoms with Crippen molar-refractivity contribution in [1.29, 1.82) is 0 Å². The van der Waals surface area contributed by atoms with Gasteiger partial charge in [0.25, 0.3) is 0 Å². The van der Waals surface area contributed by atoms with Gasteiger partial charge in [-0.2, -0.15) is 0 Å². The number of aliphatic hydroxyl groups excluding tert-OH is 1. The van der Waals surface area contributed by atoms with Gasteiger partial charge in [0, 0.05) is 17.2 Å². The molecule has 0 saturated carbocycles. The summed E-state index contributed by atoms with van der Waals surface area (Å²) in [7, 11) is 1.77. The molecule has 110 valence electrons. The van der Waals surface area contributed by atoms with Crippen LogP contribution in [0.5, 0.6) is 0 Å². The van der Waals surface area contributed by atoms with E-state index < -0.39 is 0 Å². The number of nitrogens with one attached hydrogen (secondary N) is 1. The molecule has 9 nitrogen and oxygen atoms in total. The predicted molar refractivity (Wildman–Crippen MR) is 79.9 cm³/mol. The standard InChI is InChI=1S/C11H14N8OS/c1-13-9-8-10(15-4-14-9)19(5-16-8)11-7(17-18-12)2-6(3-20)21-11/h4-7,11,20H,2-3H2,1H3,(H,13,14,15)/t6-,7+,11-/m1/s1. The van der Waals surface area contributed by atoms with Gasteiger partial charge >= 0.3 is 0 Å². The Bertz CT molecular complexity index is 697. The van der Waals surface area contributed by atoms with Crippen LogP contribution >= 0.6 is 11.8 Å². The molecule has 2 aromatic rings. The molecule has 0 amide bonds. The average molecular weight is 306 g/mol. The van der Waals surface area contributed by atoms with Crippen LogP contribution in [0.1, 0.15) is 11.8 Å². The van der Waals surface area contributed by atoms with Gasteiger partial charge in [0.15, 0.2) is 11.5 Å². The maximum Gasteiger partial charge on any atom is 0.166 e. The summed E-state index contributed by atoms with van der Waals surface area (Å²) in [6.07, 6.45) is 3.79. The summed E-state index contributed by atoms with van der Waals surface area (Å²) in [5.41, 5.74) is 10.1. The molecule has 3 atom stereocenters. The van der Waals surface area contributed by atoms with E-state index in [1.807, 2.05) is 4.57 Å². The minimum atomic E-state index is -0.234. The molecular weight excluding hydrogens is 292 g/mol. The molecule has 2 aromatic heterocycles. The lowest BCUT2D eigenvalue weighted by atomic mass is 10.2. The number of anilines is 1. The Morgan fingerprint density at radius 3 is 3.14 bits per heavy atom. The summed E-state index contributed by atoms with van der Waals surface area (Å²) in [4.78, 5) is 15.7. The normalized spacial score (nSPS) is 25.0. The van der Waals surface area contributed by atoms with Gasteiger partial charge in [0.2, 0.25) is 0 Å². The van der Waals surface area contributed by atoms with E-state index in [0.717, 1.165) is 0 Å². The van der Waals surface area contributed by atoms with Gasteiger partial charge in [-0.15, -0.1) is 11.8 Å². The third-order valence-corrected chi connectivity index (χ3v) is 4.99. The zero-order chi connectivity index (χ0) is 14.8. The first-order valence-corrected chi connectivity index (χ1v) is 7.38. The van der Waals surface area contributed by atoms with Crippen molar-refractivity contribution >= 4 is 28.7 Å². The molecule has 1 aliphatic heterocycles. The number of azide groups is 1. The van der Waals surface area contributed by atoms with Crippen molar-refractivity contribution in [2.45, 2.75) is 23.1 Å². The van der Waals surface area contributed by atoms with Crippen LogP contribution in [-0.4, -0.2) is 49.6 Å². The van der Waals surface area contributed by atoms with Crippen LogP contribution in [0.4, 0.5) is 5.82 Å². The first-order chi connectivity index (χ1) is 10.3. The minimum absolute atomic E-state index is 0.0496. The Labute approximate surface area is 124 Å². The molecule has 0 spiro atoms. The molecule has 2 N–H and O–H groups in total. The number of nitrogens with zero attached hydrogens (tertiary/aromatic N) is 7. The molecule has 0 bridgehead atoms. The molecule has 1 fully saturated rings. The molecule has 21 heavy (non-hydrogen) atoms. The van der Waals surface area contributed by atoms with Crippen LogP contribution in [0.2, 0.25) is 0 Å². The van der Waals surface area contributed by atoms with E-state index >= 15 is 0 Å². The fraction of sp³-hybridized carbons (Fsp3) is 0.545. The lowest BCUT2D eigenvalue weighted by molar-refractivity contribution is 0.289. The monoisotopic (exact) mass is 306 g/mol. The fourth-order valence-electron chi connectivity index (χ4n) is 2.49. The van der Waals surface area contributed by atoms with Gasteiger partial charge in [0.05, 0.1) is 24.3 Å². The van der Waals surface area contributed by atoms with Crippen molar-refractivity contribution < 1.29 is 5.11 Å². The second-order valence-corrected chi connectivity index (χ2v) is 6.06. The zero-order valence-corrected chi connectivity index (χ0v) is 12.1. The van der Waals surface area contributed by atoms with Crippen molar-refractivity contribution in [3.8, 4) is 0 Å². The molecule has 0 aromatic carbocycles. The lowest BCUT2D eigenvalue weighted by Gasteiger charge is -2.16. The predicted octanol–water partition coefficient (Wildman–Crippen LogP) is 1.54. The summed E-state index contributed by atoms with van der Waals surface area (Å²) < 4.78 is 1.89. The van der Waals surface area contributed by atoms with Crippen molar-refractivity contribution in [1.82, 2.24) is 19.5 Å². The minimum Gasteiger partial charge on any atom is -0.395 e. The Kier molecular flexibility index (Phi) is 3.82. The van der Waals surface area contributed by atoms with Crippen LogP contribution < -0.4 is 5.32 Å². The van der Waals surface area contributed by atoms with Crippen LogP contribution in [-0.2, 0) is 0 Å². The van der Waals surface area contributed by atoms with Gasteiger partial charge in [-0.1, -0.05) is 5.11 Å². The third-order valence-electron chi connectivity index (χ3n) is 3.44. The van der Waals surface area contributed by atoms with Crippen molar-refractivity contribution in [2.75, 3.05) is 19.0 Å². The summed E-state index contributed by atoms with van der Waals surface area (Å²) in [6, 6.07) is -0.234. The lowest BCUT2D eigenvalue weighted by Crippen LogP contribution is -2.14. The van der Waals surface area contributed by atoms with Crippen LogP contribution in [0.25, 0.3) is 21.6 Å². The van der Waals surface area contributed by atoms with E-state index in [4.69, 9.17) is 5.53 Å². The van der Waals surface area contributed by atoms with Gasteiger partial charge in [0.1, 0.15) is 11.8 Å². The maximum absolute atomic E-state index is 9.35. The Balaban J connectivity index is 2.05. The maximum atomic E-state index is 9.35. The first-order valence-electron chi connectivity index (χ1n) is 6.44. The van der Waals surface area contributed by atoms with Gasteiger partial charge in [-0.05, 0) is 12.0 Å². The molecule has 0 radical (unpaired) electrons. The summed E-state index contributed by atoms with van der Waals surface area (Å²) in [6.45, 7) is 0.0575. The summed E-state index contributed by atoms with van der Waals surface area (Å²) >= 11 is 1.57. The number of thioether (sulfide) groups is 1. The van der Waals surface area contributed by atoms with E-state index in [9.17, 15) is 5.11 Å². The average Bonchev–Trinajstić information content (AvgIpc) is 3.10. The second-order valence-electron chi connectivity index (χ2n) is 4.64. The molecule has 1 aliphatic rings. The molecule has 3 rings (SSSR count). The number of aliphatic hydroxyl groups is 1. The van der Waals surface area contributed by atoms with E-state index in [1.165, 1.54) is 6.33 Å². The smallest absolute Gasteiger partial charge is 0.166 e. The van der Waals surface area contributed by atoms with Crippen molar-refractivity contribution in [3.63, 3.8) is 0 Å². The highest BCUT2D eigenvalue weighted by Gasteiger charge is 2.36. The number of hydrogen-bond acceptors (Lipinski definition) is 7. The van der Waals surface area contributed by atoms with Gasteiger partial charge < -0.3 is 15.0 Å². The van der Waals surface area contributed by atoms with E-state index in [-0.39, 0.29) is 23.3 Å². The van der Waals surface area contributed by atoms with Crippen molar-refractivity contribution in [2.24, 2.45) is 5.11 Å². The van der Waals surface area contributed by atoms with Gasteiger partial charge in [-0.3, -0.25) is 0 Å². The van der Waals surface area contributed by atoms with E-state index in [1.54, 1.807) is 25.1 Å². The summed E-state index contributed by atoms with van der Waals surface area (Å²) in [5, 5.41) is 16.1. The van der Waals surface area contributed by atoms with E-state index in [2.05, 4.69) is 30.3 Å². The fourth-order valence-corrected chi connectivity index (χ4v) is 3.91. The Morgan fingerprint density at radius 2 is 2.43 bits per heavy atom. The number of rotatable bonds is 4. The number of imidazole rings is 1. The van der Waals surface area contributed by atoms with E-state index in [0.29, 0.717) is 23.4 Å². The molecule has 3 heterocycles. The first kappa shape index (κ1) is 13.9. The quantitative estimate of drug-likeness (QED) is 0.501. The SMILES string of the molecule is CNc1ncnc2c1ncn2[C@@H]1S[C@@H](CO)C[C@@H]1N=[N+]=[N-]. The molecule has 0 aliphatic carbocycles. The highest BCUT2D eigenvalue weighted by molar-refractivity contribution is 8.00. The van der Waals surface area contributed by atoms with Crippen molar-refractivity contribution in [3.05, 3.63) is 23.1 Å². The molecular formula is C11H14N8OS. The molecule has 0 unspecified atom stereocenters. The van der Waals surface area contributed by atoms with Crippen LogP contribution in [0.15, 0.2) is 17.8 Å². The number of aromatic nitrogens is 4. The second kappa shape index (κ2) is 5.76. The molecule has 1 saturated heterocycles. The highest BCUT2D eigenvalue weighted by atomic mass is 32.2.